The summed E-state index contributed by atoms with van der Waals surface area (Å²) in [5.41, 5.74) is 3.82. The van der Waals surface area contributed by atoms with Crippen LogP contribution in [0.4, 0.5) is 5.69 Å². The van der Waals surface area contributed by atoms with Crippen molar-refractivity contribution >= 4 is 76.2 Å². The summed E-state index contributed by atoms with van der Waals surface area (Å²) in [5, 5.41) is 21.9. The lowest BCUT2D eigenvalue weighted by Gasteiger charge is -2.18. The highest BCUT2D eigenvalue weighted by Crippen LogP contribution is 2.44. The van der Waals surface area contributed by atoms with Crippen molar-refractivity contribution in [2.75, 3.05) is 0 Å². The number of nitro groups is 1. The van der Waals surface area contributed by atoms with Crippen LogP contribution in [0.15, 0.2) is 71.5 Å². The summed E-state index contributed by atoms with van der Waals surface area (Å²) < 4.78 is 1.59. The number of hydrogen-bond acceptors (Lipinski definition) is 4. The van der Waals surface area contributed by atoms with E-state index in [1.54, 1.807) is 10.5 Å². The largest absolute Gasteiger partial charge is 0.271 e. The molecule has 0 bridgehead atoms. The lowest BCUT2D eigenvalue weighted by molar-refractivity contribution is -0.384. The Balaban J connectivity index is 1.66. The van der Waals surface area contributed by atoms with E-state index in [0.29, 0.717) is 22.1 Å². The van der Waals surface area contributed by atoms with E-state index in [1.807, 2.05) is 12.1 Å². The third-order valence-electron chi connectivity index (χ3n) is 7.84. The van der Waals surface area contributed by atoms with E-state index in [-0.39, 0.29) is 11.2 Å². The zero-order valence-electron chi connectivity index (χ0n) is 19.4. The van der Waals surface area contributed by atoms with Crippen LogP contribution in [0.1, 0.15) is 11.1 Å². The molecule has 6 aromatic carbocycles. The molecular formula is C30H17N3O3. The van der Waals surface area contributed by atoms with Crippen molar-refractivity contribution in [3.05, 3.63) is 98.3 Å². The first kappa shape index (κ1) is 19.5. The predicted molar refractivity (Wildman–Crippen MR) is 145 cm³/mol. The summed E-state index contributed by atoms with van der Waals surface area (Å²) in [7, 11) is 0. The molecule has 6 heteroatoms. The van der Waals surface area contributed by atoms with E-state index in [4.69, 9.17) is 4.98 Å². The molecule has 0 unspecified atom stereocenters. The van der Waals surface area contributed by atoms with Gasteiger partial charge in [0.25, 0.3) is 11.2 Å². The highest BCUT2D eigenvalue weighted by molar-refractivity contribution is 6.38. The van der Waals surface area contributed by atoms with Crippen molar-refractivity contribution in [3.63, 3.8) is 0 Å². The standard InChI is InChI=1S/C30H17N3O3/c1-14-3-6-17-19-8-10-21-28-22(11-9-20(27(19)28)18-7-4-15(2)25(14)26(17)18)30(34)32-24-12-5-16(33(35)36)13-23(24)31-29(21)32/h3-13H,1-2H3. The van der Waals surface area contributed by atoms with Gasteiger partial charge in [-0.3, -0.25) is 19.3 Å². The van der Waals surface area contributed by atoms with Gasteiger partial charge in [0.2, 0.25) is 0 Å². The first-order valence-electron chi connectivity index (χ1n) is 11.8. The average molecular weight is 467 g/mol. The minimum atomic E-state index is -0.443. The van der Waals surface area contributed by atoms with Crippen LogP contribution >= 0.6 is 0 Å². The van der Waals surface area contributed by atoms with Crippen LogP contribution in [0, 0.1) is 24.0 Å². The summed E-state index contributed by atoms with van der Waals surface area (Å²) >= 11 is 0. The molecule has 0 aliphatic heterocycles. The molecular weight excluding hydrogens is 450 g/mol. The highest BCUT2D eigenvalue weighted by atomic mass is 16.6. The maximum Gasteiger partial charge on any atom is 0.271 e. The number of nitrogens with zero attached hydrogens (tertiary/aromatic N) is 3. The predicted octanol–water partition coefficient (Wildman–Crippen LogP) is 7.01. The average Bonchev–Trinajstić information content (AvgIpc) is 3.26. The zero-order chi connectivity index (χ0) is 24.5. The molecule has 8 aromatic rings. The molecule has 8 rings (SSSR count). The van der Waals surface area contributed by atoms with Gasteiger partial charge in [-0.2, -0.15) is 0 Å². The SMILES string of the molecule is Cc1ccc2c3ccc4c(=O)n5c6ccc([N+](=O)[O-])cc6nc5c5ccc(c6ccc(C)c1c26)c3c45. The number of aryl methyl sites for hydroxylation is 2. The van der Waals surface area contributed by atoms with Crippen LogP contribution in [0.5, 0.6) is 0 Å². The fourth-order valence-electron chi connectivity index (χ4n) is 6.32. The molecule has 0 aliphatic rings. The number of nitro benzene ring substituents is 1. The van der Waals surface area contributed by atoms with E-state index in [2.05, 4.69) is 50.2 Å². The van der Waals surface area contributed by atoms with E-state index >= 15 is 0 Å². The number of pyridine rings is 1. The maximum atomic E-state index is 13.8. The number of fused-ring (bicyclic) bond motifs is 6. The van der Waals surface area contributed by atoms with Crippen LogP contribution in [-0.2, 0) is 0 Å². The van der Waals surface area contributed by atoms with Gasteiger partial charge in [-0.15, -0.1) is 0 Å². The van der Waals surface area contributed by atoms with E-state index in [0.717, 1.165) is 26.9 Å². The Morgan fingerprint density at radius 1 is 0.694 bits per heavy atom. The topological polar surface area (TPSA) is 77.5 Å². The second-order valence-corrected chi connectivity index (χ2v) is 9.69. The monoisotopic (exact) mass is 467 g/mol. The highest BCUT2D eigenvalue weighted by Gasteiger charge is 2.22. The molecule has 2 aromatic heterocycles. The minimum Gasteiger partial charge on any atom is -0.268 e. The first-order chi connectivity index (χ1) is 17.4. The van der Waals surface area contributed by atoms with E-state index in [9.17, 15) is 14.9 Å². The van der Waals surface area contributed by atoms with Crippen LogP contribution < -0.4 is 5.56 Å². The number of aromatic nitrogens is 2. The summed E-state index contributed by atoms with van der Waals surface area (Å²) in [6, 6.07) is 21.3. The second-order valence-electron chi connectivity index (χ2n) is 9.69. The van der Waals surface area contributed by atoms with Gasteiger partial charge in [0, 0.05) is 28.3 Å². The normalized spacial score (nSPS) is 12.5. The molecule has 0 aliphatic carbocycles. The van der Waals surface area contributed by atoms with Gasteiger partial charge in [-0.1, -0.05) is 36.4 Å². The fourth-order valence-corrected chi connectivity index (χ4v) is 6.32. The van der Waals surface area contributed by atoms with Crippen LogP contribution in [0.25, 0.3) is 70.5 Å². The number of hydrogen-bond donors (Lipinski definition) is 0. The van der Waals surface area contributed by atoms with Crippen molar-refractivity contribution in [3.8, 4) is 0 Å². The molecule has 6 nitrogen and oxygen atoms in total. The van der Waals surface area contributed by atoms with Crippen molar-refractivity contribution in [1.82, 2.24) is 9.38 Å². The molecule has 0 fully saturated rings. The Hall–Kier alpha value is -4.84. The number of rotatable bonds is 1. The molecule has 2 heterocycles. The fraction of sp³-hybridized carbons (Fsp3) is 0.0667. The van der Waals surface area contributed by atoms with Gasteiger partial charge in [-0.05, 0) is 80.9 Å². The van der Waals surface area contributed by atoms with Gasteiger partial charge < -0.3 is 0 Å². The molecule has 0 atom stereocenters. The summed E-state index contributed by atoms with van der Waals surface area (Å²) in [4.78, 5) is 29.4. The van der Waals surface area contributed by atoms with Crippen molar-refractivity contribution in [2.24, 2.45) is 0 Å². The van der Waals surface area contributed by atoms with Gasteiger partial charge in [0.15, 0.2) is 0 Å². The minimum absolute atomic E-state index is 0.0459. The maximum absolute atomic E-state index is 13.8. The zero-order valence-corrected chi connectivity index (χ0v) is 19.4. The molecule has 0 saturated heterocycles. The summed E-state index contributed by atoms with van der Waals surface area (Å²) in [5.74, 6) is 0. The molecule has 0 spiro atoms. The van der Waals surface area contributed by atoms with Crippen molar-refractivity contribution in [1.29, 1.82) is 0 Å². The Kier molecular flexibility index (Phi) is 3.37. The summed E-state index contributed by atoms with van der Waals surface area (Å²) in [6.45, 7) is 4.30. The molecule has 170 valence electrons. The lowest BCUT2D eigenvalue weighted by Crippen LogP contribution is -2.13. The van der Waals surface area contributed by atoms with Crippen LogP contribution in [-0.4, -0.2) is 14.3 Å². The number of non-ortho nitro benzene ring substituents is 1. The Bertz CT molecular complexity index is 2280. The second kappa shape index (κ2) is 6.23. The third kappa shape index (κ3) is 2.13. The van der Waals surface area contributed by atoms with Crippen LogP contribution in [0.2, 0.25) is 0 Å². The molecule has 0 radical (unpaired) electrons. The molecule has 0 N–H and O–H groups in total. The van der Waals surface area contributed by atoms with Crippen molar-refractivity contribution in [2.45, 2.75) is 13.8 Å². The lowest BCUT2D eigenvalue weighted by atomic mass is 9.85. The third-order valence-corrected chi connectivity index (χ3v) is 7.84. The van der Waals surface area contributed by atoms with Gasteiger partial charge >= 0.3 is 0 Å². The van der Waals surface area contributed by atoms with Gasteiger partial charge in [0.05, 0.1) is 16.0 Å². The summed E-state index contributed by atoms with van der Waals surface area (Å²) in [6.07, 6.45) is 0. The molecule has 36 heavy (non-hydrogen) atoms. The van der Waals surface area contributed by atoms with Gasteiger partial charge in [0.1, 0.15) is 5.65 Å². The van der Waals surface area contributed by atoms with E-state index in [1.165, 1.54) is 44.8 Å². The first-order valence-corrected chi connectivity index (χ1v) is 11.8. The molecule has 0 amide bonds. The van der Waals surface area contributed by atoms with Gasteiger partial charge in [-0.25, -0.2) is 4.98 Å². The Labute approximate surface area is 202 Å². The number of benzene rings is 6. The Morgan fingerprint density at radius 3 is 1.86 bits per heavy atom. The number of imidazole rings is 1. The Morgan fingerprint density at radius 2 is 1.22 bits per heavy atom. The smallest absolute Gasteiger partial charge is 0.268 e. The van der Waals surface area contributed by atoms with E-state index < -0.39 is 4.92 Å². The quantitative estimate of drug-likeness (QED) is 0.113. The molecule has 0 saturated carbocycles. The van der Waals surface area contributed by atoms with Crippen molar-refractivity contribution < 1.29 is 4.92 Å². The van der Waals surface area contributed by atoms with Crippen LogP contribution in [0.3, 0.4) is 0 Å².